The van der Waals surface area contributed by atoms with Crippen molar-refractivity contribution < 1.29 is 9.53 Å². The number of carbonyl (C=O) groups is 1. The second-order valence-corrected chi connectivity index (χ2v) is 5.01. The van der Waals surface area contributed by atoms with Gasteiger partial charge in [0.05, 0.1) is 6.61 Å². The van der Waals surface area contributed by atoms with Gasteiger partial charge < -0.3 is 15.0 Å². The van der Waals surface area contributed by atoms with Crippen molar-refractivity contribution in [2.75, 3.05) is 25.5 Å². The molecule has 1 aliphatic rings. The van der Waals surface area contributed by atoms with E-state index in [2.05, 4.69) is 17.4 Å². The Balaban J connectivity index is 1.93. The first-order chi connectivity index (χ1) is 9.20. The summed E-state index contributed by atoms with van der Waals surface area (Å²) in [7, 11) is 1.71. The number of piperidine rings is 1. The molecule has 0 aliphatic carbocycles. The van der Waals surface area contributed by atoms with Crippen LogP contribution in [0.1, 0.15) is 25.3 Å². The number of amides is 1. The van der Waals surface area contributed by atoms with E-state index in [1.165, 1.54) is 5.56 Å². The topological polar surface area (TPSA) is 41.6 Å². The Hall–Kier alpha value is -1.55. The average Bonchev–Trinajstić information content (AvgIpc) is 2.42. The number of anilines is 1. The van der Waals surface area contributed by atoms with E-state index in [4.69, 9.17) is 4.74 Å². The molecule has 0 aromatic heterocycles. The van der Waals surface area contributed by atoms with E-state index in [9.17, 15) is 4.79 Å². The van der Waals surface area contributed by atoms with Gasteiger partial charge in [0.15, 0.2) is 0 Å². The molecule has 1 aromatic rings. The average molecular weight is 262 g/mol. The monoisotopic (exact) mass is 262 g/mol. The van der Waals surface area contributed by atoms with Gasteiger partial charge in [0.25, 0.3) is 0 Å². The number of benzene rings is 1. The molecular weight excluding hydrogens is 240 g/mol. The maximum atomic E-state index is 11.3. The minimum atomic E-state index is 0.179. The summed E-state index contributed by atoms with van der Waals surface area (Å²) in [4.78, 5) is 13.2. The first kappa shape index (κ1) is 13.9. The van der Waals surface area contributed by atoms with E-state index in [-0.39, 0.29) is 5.91 Å². The van der Waals surface area contributed by atoms with Gasteiger partial charge >= 0.3 is 0 Å². The molecule has 4 nitrogen and oxygen atoms in total. The lowest BCUT2D eigenvalue weighted by molar-refractivity contribution is -0.129. The zero-order valence-corrected chi connectivity index (χ0v) is 11.7. The summed E-state index contributed by atoms with van der Waals surface area (Å²) in [6.45, 7) is 3.95. The fourth-order valence-corrected chi connectivity index (χ4v) is 2.50. The lowest BCUT2D eigenvalue weighted by atomic mass is 10.0. The second kappa shape index (κ2) is 6.57. The van der Waals surface area contributed by atoms with Gasteiger partial charge in [-0.1, -0.05) is 18.2 Å². The SMILES string of the molecule is COCc1ccccc1NC1CCN(C(C)=O)CC1. The number of rotatable bonds is 4. The number of carbonyl (C=O) groups excluding carboxylic acids is 1. The summed E-state index contributed by atoms with van der Waals surface area (Å²) < 4.78 is 5.21. The lowest BCUT2D eigenvalue weighted by Crippen LogP contribution is -2.41. The third-order valence-corrected chi connectivity index (χ3v) is 3.62. The molecule has 0 saturated carbocycles. The van der Waals surface area contributed by atoms with Gasteiger partial charge in [-0.15, -0.1) is 0 Å². The molecule has 4 heteroatoms. The van der Waals surface area contributed by atoms with E-state index >= 15 is 0 Å². The Morgan fingerprint density at radius 3 is 2.68 bits per heavy atom. The molecule has 0 atom stereocenters. The van der Waals surface area contributed by atoms with Crippen LogP contribution in [0.15, 0.2) is 24.3 Å². The molecule has 104 valence electrons. The maximum Gasteiger partial charge on any atom is 0.219 e. The molecule has 1 N–H and O–H groups in total. The molecule has 1 aliphatic heterocycles. The molecule has 0 radical (unpaired) electrons. The molecule has 1 fully saturated rings. The third-order valence-electron chi connectivity index (χ3n) is 3.62. The van der Waals surface area contributed by atoms with Crippen LogP contribution in [0, 0.1) is 0 Å². The van der Waals surface area contributed by atoms with Crippen molar-refractivity contribution in [1.82, 2.24) is 4.90 Å². The number of hydrogen-bond acceptors (Lipinski definition) is 3. The van der Waals surface area contributed by atoms with Crippen LogP contribution >= 0.6 is 0 Å². The molecule has 1 heterocycles. The summed E-state index contributed by atoms with van der Waals surface area (Å²) in [6, 6.07) is 8.67. The van der Waals surface area contributed by atoms with Gasteiger partial charge in [0.1, 0.15) is 0 Å². The minimum Gasteiger partial charge on any atom is -0.382 e. The molecular formula is C15H22N2O2. The maximum absolute atomic E-state index is 11.3. The fraction of sp³-hybridized carbons (Fsp3) is 0.533. The number of nitrogens with one attached hydrogen (secondary N) is 1. The molecule has 19 heavy (non-hydrogen) atoms. The highest BCUT2D eigenvalue weighted by Crippen LogP contribution is 2.21. The molecule has 0 bridgehead atoms. The van der Waals surface area contributed by atoms with Gasteiger partial charge in [-0.05, 0) is 18.9 Å². The number of ether oxygens (including phenoxy) is 1. The first-order valence-electron chi connectivity index (χ1n) is 6.79. The predicted octanol–water partition coefficient (Wildman–Crippen LogP) is 2.26. The Morgan fingerprint density at radius 2 is 2.05 bits per heavy atom. The standard InChI is InChI=1S/C15H22N2O2/c1-12(18)17-9-7-14(8-10-17)16-15-6-4-3-5-13(15)11-19-2/h3-6,14,16H,7-11H2,1-2H3. The zero-order chi connectivity index (χ0) is 13.7. The van der Waals surface area contributed by atoms with Crippen LogP contribution in [-0.4, -0.2) is 37.0 Å². The van der Waals surface area contributed by atoms with Gasteiger partial charge in [-0.25, -0.2) is 0 Å². The molecule has 0 spiro atoms. The quantitative estimate of drug-likeness (QED) is 0.905. The molecule has 2 rings (SSSR count). The molecule has 1 amide bonds. The Kier molecular flexibility index (Phi) is 4.80. The van der Waals surface area contributed by atoms with Crippen LogP contribution in [0.4, 0.5) is 5.69 Å². The number of methoxy groups -OCH3 is 1. The highest BCUT2D eigenvalue weighted by Gasteiger charge is 2.20. The second-order valence-electron chi connectivity index (χ2n) is 5.01. The Labute approximate surface area is 114 Å². The summed E-state index contributed by atoms with van der Waals surface area (Å²) in [6.07, 6.45) is 2.00. The van der Waals surface area contributed by atoms with Crippen LogP contribution < -0.4 is 5.32 Å². The summed E-state index contributed by atoms with van der Waals surface area (Å²) in [5, 5.41) is 3.58. The van der Waals surface area contributed by atoms with Crippen LogP contribution in [0.3, 0.4) is 0 Å². The van der Waals surface area contributed by atoms with Crippen molar-refractivity contribution in [2.45, 2.75) is 32.4 Å². The highest BCUT2D eigenvalue weighted by molar-refractivity contribution is 5.73. The van der Waals surface area contributed by atoms with E-state index in [0.29, 0.717) is 12.6 Å². The summed E-state index contributed by atoms with van der Waals surface area (Å²) in [5.41, 5.74) is 2.32. The van der Waals surface area contributed by atoms with E-state index < -0.39 is 0 Å². The number of likely N-dealkylation sites (tertiary alicyclic amines) is 1. The smallest absolute Gasteiger partial charge is 0.219 e. The minimum absolute atomic E-state index is 0.179. The fourth-order valence-electron chi connectivity index (χ4n) is 2.50. The van der Waals surface area contributed by atoms with E-state index in [0.717, 1.165) is 31.6 Å². The predicted molar refractivity (Wildman–Crippen MR) is 76.1 cm³/mol. The first-order valence-corrected chi connectivity index (χ1v) is 6.79. The van der Waals surface area contributed by atoms with Crippen molar-refractivity contribution in [2.24, 2.45) is 0 Å². The highest BCUT2D eigenvalue weighted by atomic mass is 16.5. The van der Waals surface area contributed by atoms with Crippen LogP contribution in [0.5, 0.6) is 0 Å². The van der Waals surface area contributed by atoms with Crippen LogP contribution in [-0.2, 0) is 16.1 Å². The van der Waals surface area contributed by atoms with Crippen molar-refractivity contribution in [1.29, 1.82) is 0 Å². The van der Waals surface area contributed by atoms with Crippen molar-refractivity contribution in [3.63, 3.8) is 0 Å². The molecule has 1 aromatic carbocycles. The summed E-state index contributed by atoms with van der Waals surface area (Å²) in [5.74, 6) is 0.179. The number of para-hydroxylation sites is 1. The Bertz CT molecular complexity index is 426. The van der Waals surface area contributed by atoms with E-state index in [1.807, 2.05) is 17.0 Å². The van der Waals surface area contributed by atoms with Gasteiger partial charge in [-0.2, -0.15) is 0 Å². The number of nitrogens with zero attached hydrogens (tertiary/aromatic N) is 1. The van der Waals surface area contributed by atoms with Gasteiger partial charge in [-0.3, -0.25) is 4.79 Å². The largest absolute Gasteiger partial charge is 0.382 e. The number of hydrogen-bond donors (Lipinski definition) is 1. The zero-order valence-electron chi connectivity index (χ0n) is 11.7. The van der Waals surface area contributed by atoms with E-state index in [1.54, 1.807) is 14.0 Å². The lowest BCUT2D eigenvalue weighted by Gasteiger charge is -2.32. The van der Waals surface area contributed by atoms with Crippen molar-refractivity contribution in [3.8, 4) is 0 Å². The molecule has 0 unspecified atom stereocenters. The van der Waals surface area contributed by atoms with Crippen LogP contribution in [0.2, 0.25) is 0 Å². The Morgan fingerprint density at radius 1 is 1.37 bits per heavy atom. The molecule has 1 saturated heterocycles. The normalized spacial score (nSPS) is 16.4. The summed E-state index contributed by atoms with van der Waals surface area (Å²) >= 11 is 0. The van der Waals surface area contributed by atoms with Crippen molar-refractivity contribution >= 4 is 11.6 Å². The van der Waals surface area contributed by atoms with Gasteiger partial charge in [0.2, 0.25) is 5.91 Å². The van der Waals surface area contributed by atoms with Gasteiger partial charge in [0, 0.05) is 44.4 Å². The van der Waals surface area contributed by atoms with Crippen molar-refractivity contribution in [3.05, 3.63) is 29.8 Å². The van der Waals surface area contributed by atoms with Crippen LogP contribution in [0.25, 0.3) is 0 Å². The third kappa shape index (κ3) is 3.70.